The maximum atomic E-state index is 6.29. The van der Waals surface area contributed by atoms with Crippen LogP contribution < -0.4 is 0 Å². The molecule has 0 aliphatic carbocycles. The molecule has 0 spiro atoms. The van der Waals surface area contributed by atoms with Crippen LogP contribution in [0.25, 0.3) is 22.4 Å². The molecule has 0 aliphatic heterocycles. The van der Waals surface area contributed by atoms with Crippen molar-refractivity contribution in [1.29, 1.82) is 0 Å². The Kier molecular flexibility index (Phi) is 6.22. The predicted molar refractivity (Wildman–Crippen MR) is 123 cm³/mol. The van der Waals surface area contributed by atoms with Crippen LogP contribution in [0.2, 0.25) is 5.02 Å². The number of rotatable bonds is 5. The Bertz CT molecular complexity index is 1170. The molecule has 0 unspecified atom stereocenters. The quantitative estimate of drug-likeness (QED) is 0.183. The molecule has 0 fully saturated rings. The van der Waals surface area contributed by atoms with Crippen LogP contribution in [-0.2, 0) is 13.1 Å². The number of fused-ring (bicyclic) bond motifs is 1. The van der Waals surface area contributed by atoms with Crippen LogP contribution in [0.5, 0.6) is 0 Å². The second-order valence-corrected chi connectivity index (χ2v) is 9.53. The van der Waals surface area contributed by atoms with Crippen molar-refractivity contribution in [3.8, 4) is 11.4 Å². The van der Waals surface area contributed by atoms with E-state index in [0.29, 0.717) is 17.4 Å². The van der Waals surface area contributed by atoms with Gasteiger partial charge in [0.1, 0.15) is 5.52 Å². The molecule has 28 heavy (non-hydrogen) atoms. The third-order valence-electron chi connectivity index (χ3n) is 4.25. The number of tetrazole rings is 1. The third-order valence-corrected chi connectivity index (χ3v) is 9.30. The molecule has 2 aromatic heterocycles. The zero-order chi connectivity index (χ0) is 19.8. The molecule has 4 rings (SSSR count). The Hall–Kier alpha value is -0.810. The van der Waals surface area contributed by atoms with E-state index >= 15 is 0 Å². The minimum atomic E-state index is 0.628. The summed E-state index contributed by atoms with van der Waals surface area (Å²) in [6.45, 7) is 1.42. The third kappa shape index (κ3) is 3.69. The summed E-state index contributed by atoms with van der Waals surface area (Å²) >= 11 is 20.7. The molecular formula is C17H11Br4ClN6. The molecule has 2 aromatic carbocycles. The molecule has 0 aliphatic rings. The van der Waals surface area contributed by atoms with E-state index < -0.39 is 0 Å². The van der Waals surface area contributed by atoms with E-state index in [0.717, 1.165) is 47.5 Å². The lowest BCUT2D eigenvalue weighted by atomic mass is 10.2. The van der Waals surface area contributed by atoms with Crippen molar-refractivity contribution in [1.82, 2.24) is 29.8 Å². The average Bonchev–Trinajstić information content (AvgIpc) is 3.32. The van der Waals surface area contributed by atoms with Gasteiger partial charge in [0.05, 0.1) is 25.8 Å². The fourth-order valence-electron chi connectivity index (χ4n) is 2.92. The zero-order valence-electron chi connectivity index (χ0n) is 14.1. The fraction of sp³-hybridized carbons (Fsp3) is 0.176. The Morgan fingerprint density at radius 3 is 2.46 bits per heavy atom. The number of hydrogen-bond acceptors (Lipinski definition) is 4. The normalized spacial score (nSPS) is 11.5. The highest BCUT2D eigenvalue weighted by molar-refractivity contribution is 9.15. The van der Waals surface area contributed by atoms with E-state index in [-0.39, 0.29) is 0 Å². The number of aromatic nitrogens is 6. The number of halogens is 5. The van der Waals surface area contributed by atoms with Gasteiger partial charge in [-0.2, -0.15) is 0 Å². The van der Waals surface area contributed by atoms with Gasteiger partial charge in [0.15, 0.2) is 5.82 Å². The van der Waals surface area contributed by atoms with Gasteiger partial charge in [-0.05, 0) is 92.7 Å². The SMILES string of the molecule is Clc1ccccc1-c1nnnn1CCCn1cnc2c(Br)c(Br)c(Br)c(Br)c21. The minimum Gasteiger partial charge on any atom is -0.330 e. The molecule has 2 heterocycles. The molecule has 4 aromatic rings. The first kappa shape index (κ1) is 20.5. The Labute approximate surface area is 199 Å². The Balaban J connectivity index is 1.57. The summed E-state index contributed by atoms with van der Waals surface area (Å²) in [7, 11) is 0. The highest BCUT2D eigenvalue weighted by Crippen LogP contribution is 2.43. The molecule has 11 heteroatoms. The molecule has 0 saturated heterocycles. The van der Waals surface area contributed by atoms with Crippen molar-refractivity contribution in [3.05, 3.63) is 53.5 Å². The number of nitrogens with zero attached hydrogens (tertiary/aromatic N) is 6. The lowest BCUT2D eigenvalue weighted by molar-refractivity contribution is 0.523. The van der Waals surface area contributed by atoms with Gasteiger partial charge in [-0.3, -0.25) is 0 Å². The highest BCUT2D eigenvalue weighted by Gasteiger charge is 2.18. The van der Waals surface area contributed by atoms with Crippen molar-refractivity contribution < 1.29 is 0 Å². The summed E-state index contributed by atoms with van der Waals surface area (Å²) in [5.41, 5.74) is 2.73. The second-order valence-electron chi connectivity index (χ2n) is 5.95. The molecule has 0 bridgehead atoms. The first-order valence-corrected chi connectivity index (χ1v) is 11.7. The van der Waals surface area contributed by atoms with Crippen LogP contribution in [0.3, 0.4) is 0 Å². The summed E-state index contributed by atoms with van der Waals surface area (Å²) in [4.78, 5) is 4.54. The smallest absolute Gasteiger partial charge is 0.183 e. The van der Waals surface area contributed by atoms with Crippen LogP contribution in [0.1, 0.15) is 6.42 Å². The topological polar surface area (TPSA) is 61.4 Å². The minimum absolute atomic E-state index is 0.628. The summed E-state index contributed by atoms with van der Waals surface area (Å²) in [6.07, 6.45) is 2.67. The van der Waals surface area contributed by atoms with Gasteiger partial charge in [-0.15, -0.1) is 5.10 Å². The average molecular weight is 654 g/mol. The molecule has 144 valence electrons. The molecule has 0 N–H and O–H groups in total. The summed E-state index contributed by atoms with van der Waals surface area (Å²) in [6, 6.07) is 7.55. The van der Waals surface area contributed by atoms with E-state index in [4.69, 9.17) is 11.6 Å². The number of imidazole rings is 1. The van der Waals surface area contributed by atoms with Crippen molar-refractivity contribution in [2.24, 2.45) is 0 Å². The Morgan fingerprint density at radius 2 is 1.68 bits per heavy atom. The Morgan fingerprint density at radius 1 is 0.929 bits per heavy atom. The maximum Gasteiger partial charge on any atom is 0.183 e. The molecule has 0 radical (unpaired) electrons. The predicted octanol–water partition coefficient (Wildman–Crippen LogP) is 6.48. The van der Waals surface area contributed by atoms with E-state index in [1.807, 2.05) is 30.6 Å². The van der Waals surface area contributed by atoms with Crippen molar-refractivity contribution in [2.75, 3.05) is 0 Å². The molecular weight excluding hydrogens is 643 g/mol. The summed E-state index contributed by atoms with van der Waals surface area (Å²) < 4.78 is 7.62. The van der Waals surface area contributed by atoms with Crippen molar-refractivity contribution >= 4 is 86.4 Å². The molecule has 0 amide bonds. The van der Waals surface area contributed by atoms with E-state index in [2.05, 4.69) is 88.8 Å². The van der Waals surface area contributed by atoms with Crippen molar-refractivity contribution in [2.45, 2.75) is 19.5 Å². The lowest BCUT2D eigenvalue weighted by Crippen LogP contribution is -2.07. The van der Waals surface area contributed by atoms with E-state index in [1.54, 1.807) is 4.68 Å². The largest absolute Gasteiger partial charge is 0.330 e. The van der Waals surface area contributed by atoms with Crippen molar-refractivity contribution in [3.63, 3.8) is 0 Å². The van der Waals surface area contributed by atoms with Gasteiger partial charge >= 0.3 is 0 Å². The van der Waals surface area contributed by atoms with Gasteiger partial charge in [0.2, 0.25) is 0 Å². The van der Waals surface area contributed by atoms with Gasteiger partial charge in [-0.1, -0.05) is 23.7 Å². The van der Waals surface area contributed by atoms with Crippen LogP contribution in [0.15, 0.2) is 48.5 Å². The van der Waals surface area contributed by atoms with Gasteiger partial charge in [0, 0.05) is 27.6 Å². The summed E-state index contributed by atoms with van der Waals surface area (Å²) in [5.74, 6) is 0.664. The molecule has 0 atom stereocenters. The van der Waals surface area contributed by atoms with Gasteiger partial charge < -0.3 is 4.57 Å². The number of aryl methyl sites for hydroxylation is 2. The van der Waals surface area contributed by atoms with Crippen LogP contribution in [0.4, 0.5) is 0 Å². The van der Waals surface area contributed by atoms with Gasteiger partial charge in [-0.25, -0.2) is 9.67 Å². The maximum absolute atomic E-state index is 6.29. The number of hydrogen-bond donors (Lipinski definition) is 0. The summed E-state index contributed by atoms with van der Waals surface area (Å²) in [5, 5.41) is 12.7. The monoisotopic (exact) mass is 650 g/mol. The standard InChI is InChI=1S/C17H11Br4ClN6/c18-11-12(19)14(21)16-15(13(11)20)23-8-27(16)6-3-7-28-17(24-25-26-28)9-4-1-2-5-10(9)22/h1-2,4-5,8H,3,6-7H2. The first-order chi connectivity index (χ1) is 13.5. The zero-order valence-corrected chi connectivity index (χ0v) is 21.2. The van der Waals surface area contributed by atoms with Crippen LogP contribution in [0, 0.1) is 0 Å². The second kappa shape index (κ2) is 8.51. The van der Waals surface area contributed by atoms with Crippen LogP contribution in [-0.4, -0.2) is 29.8 Å². The number of benzene rings is 2. The van der Waals surface area contributed by atoms with E-state index in [9.17, 15) is 0 Å². The van der Waals surface area contributed by atoms with E-state index in [1.165, 1.54) is 0 Å². The first-order valence-electron chi connectivity index (χ1n) is 8.17. The van der Waals surface area contributed by atoms with Gasteiger partial charge in [0.25, 0.3) is 0 Å². The molecule has 6 nitrogen and oxygen atoms in total. The highest BCUT2D eigenvalue weighted by atomic mass is 79.9. The molecule has 0 saturated carbocycles. The lowest BCUT2D eigenvalue weighted by Gasteiger charge is -2.10. The fourth-order valence-corrected chi connectivity index (χ4v) is 5.55. The van der Waals surface area contributed by atoms with Crippen LogP contribution >= 0.6 is 75.3 Å².